The first-order chi connectivity index (χ1) is 9.91. The summed E-state index contributed by atoms with van der Waals surface area (Å²) >= 11 is 0. The van der Waals surface area contributed by atoms with Gasteiger partial charge < -0.3 is 20.5 Å². The molecule has 0 saturated heterocycles. The van der Waals surface area contributed by atoms with E-state index in [-0.39, 0.29) is 19.2 Å². The number of amides is 2. The number of carboxylic acids is 1. The van der Waals surface area contributed by atoms with Crippen LogP contribution in [0, 0.1) is 20.8 Å². The predicted molar refractivity (Wildman–Crippen MR) is 79.6 cm³/mol. The summed E-state index contributed by atoms with van der Waals surface area (Å²) in [5.74, 6) is -0.0906. The summed E-state index contributed by atoms with van der Waals surface area (Å²) in [6, 6.07) is 3.63. The molecule has 0 aromatic heterocycles. The van der Waals surface area contributed by atoms with Crippen LogP contribution >= 0.6 is 0 Å². The minimum absolute atomic E-state index is 0.0401. The largest absolute Gasteiger partial charge is 0.481 e. The summed E-state index contributed by atoms with van der Waals surface area (Å²) in [6.07, 6.45) is 0.443. The Bertz CT molecular complexity index is 515. The second-order valence-electron chi connectivity index (χ2n) is 4.87. The lowest BCUT2D eigenvalue weighted by molar-refractivity contribution is -0.137. The molecule has 21 heavy (non-hydrogen) atoms. The Balaban J connectivity index is 2.32. The van der Waals surface area contributed by atoms with Crippen molar-refractivity contribution >= 4 is 12.0 Å². The summed E-state index contributed by atoms with van der Waals surface area (Å²) in [5, 5.41) is 13.6. The zero-order valence-electron chi connectivity index (χ0n) is 12.7. The maximum atomic E-state index is 11.5. The molecule has 0 aliphatic rings. The number of aliphatic carboxylic acids is 1. The number of aryl methyl sites for hydroxylation is 2. The average Bonchev–Trinajstić information content (AvgIpc) is 2.43. The zero-order valence-corrected chi connectivity index (χ0v) is 12.7. The molecule has 0 bridgehead atoms. The van der Waals surface area contributed by atoms with E-state index < -0.39 is 5.97 Å². The third-order valence-corrected chi connectivity index (χ3v) is 3.18. The SMILES string of the molecule is Cc1ccc(C)c(OCNC(=O)NCCCC(=O)O)c1C. The number of hydrogen-bond acceptors (Lipinski definition) is 3. The fourth-order valence-corrected chi connectivity index (χ4v) is 1.83. The van der Waals surface area contributed by atoms with Gasteiger partial charge in [0, 0.05) is 13.0 Å². The normalized spacial score (nSPS) is 10.0. The van der Waals surface area contributed by atoms with Crippen molar-refractivity contribution in [1.29, 1.82) is 0 Å². The topological polar surface area (TPSA) is 87.7 Å². The van der Waals surface area contributed by atoms with E-state index >= 15 is 0 Å². The van der Waals surface area contributed by atoms with E-state index in [0.717, 1.165) is 22.4 Å². The van der Waals surface area contributed by atoms with Crippen molar-refractivity contribution in [3.05, 3.63) is 28.8 Å². The van der Waals surface area contributed by atoms with Crippen LogP contribution in [0.25, 0.3) is 0 Å². The lowest BCUT2D eigenvalue weighted by atomic mass is 10.1. The van der Waals surface area contributed by atoms with Gasteiger partial charge in [0.05, 0.1) is 0 Å². The fraction of sp³-hybridized carbons (Fsp3) is 0.467. The molecule has 0 atom stereocenters. The molecule has 2 amide bonds. The third-order valence-electron chi connectivity index (χ3n) is 3.18. The molecule has 0 saturated carbocycles. The van der Waals surface area contributed by atoms with Gasteiger partial charge in [0.15, 0.2) is 6.73 Å². The second kappa shape index (κ2) is 8.14. The fourth-order valence-electron chi connectivity index (χ4n) is 1.83. The molecule has 1 aromatic rings. The number of ether oxygens (including phenoxy) is 1. The monoisotopic (exact) mass is 294 g/mol. The van der Waals surface area contributed by atoms with Crippen LogP contribution in [-0.2, 0) is 4.79 Å². The van der Waals surface area contributed by atoms with Gasteiger partial charge in [-0.2, -0.15) is 0 Å². The van der Waals surface area contributed by atoms with E-state index in [4.69, 9.17) is 9.84 Å². The smallest absolute Gasteiger partial charge is 0.317 e. The van der Waals surface area contributed by atoms with Crippen molar-refractivity contribution in [3.8, 4) is 5.75 Å². The minimum Gasteiger partial charge on any atom is -0.481 e. The number of urea groups is 1. The average molecular weight is 294 g/mol. The second-order valence-corrected chi connectivity index (χ2v) is 4.87. The van der Waals surface area contributed by atoms with Gasteiger partial charge >= 0.3 is 12.0 Å². The highest BCUT2D eigenvalue weighted by atomic mass is 16.5. The lowest BCUT2D eigenvalue weighted by Crippen LogP contribution is -2.38. The highest BCUT2D eigenvalue weighted by molar-refractivity contribution is 5.73. The molecule has 6 heteroatoms. The summed E-state index contributed by atoms with van der Waals surface area (Å²) in [7, 11) is 0. The van der Waals surface area contributed by atoms with Crippen molar-refractivity contribution in [1.82, 2.24) is 10.6 Å². The summed E-state index contributed by atoms with van der Waals surface area (Å²) in [6.45, 7) is 6.32. The third kappa shape index (κ3) is 5.72. The van der Waals surface area contributed by atoms with Crippen molar-refractivity contribution in [2.45, 2.75) is 33.6 Å². The Morgan fingerprint density at radius 2 is 1.81 bits per heavy atom. The summed E-state index contributed by atoms with van der Waals surface area (Å²) in [5.41, 5.74) is 3.20. The van der Waals surface area contributed by atoms with Gasteiger partial charge in [-0.25, -0.2) is 4.79 Å². The molecule has 3 N–H and O–H groups in total. The molecule has 0 radical (unpaired) electrons. The first-order valence-electron chi connectivity index (χ1n) is 6.85. The molecular weight excluding hydrogens is 272 g/mol. The number of benzene rings is 1. The van der Waals surface area contributed by atoms with Crippen molar-refractivity contribution < 1.29 is 19.4 Å². The lowest BCUT2D eigenvalue weighted by Gasteiger charge is -2.14. The molecule has 1 rings (SSSR count). The van der Waals surface area contributed by atoms with E-state index in [0.29, 0.717) is 13.0 Å². The number of carboxylic acid groups (broad SMARTS) is 1. The van der Waals surface area contributed by atoms with Crippen LogP contribution in [0.3, 0.4) is 0 Å². The first-order valence-corrected chi connectivity index (χ1v) is 6.85. The summed E-state index contributed by atoms with van der Waals surface area (Å²) < 4.78 is 5.60. The van der Waals surface area contributed by atoms with E-state index in [1.54, 1.807) is 0 Å². The Labute approximate surface area is 124 Å². The number of rotatable bonds is 7. The maximum absolute atomic E-state index is 11.5. The van der Waals surface area contributed by atoms with Crippen molar-refractivity contribution in [2.75, 3.05) is 13.3 Å². The number of nitrogens with one attached hydrogen (secondary N) is 2. The minimum atomic E-state index is -0.870. The first kappa shape index (κ1) is 16.8. The maximum Gasteiger partial charge on any atom is 0.317 e. The van der Waals surface area contributed by atoms with Crippen LogP contribution in [0.1, 0.15) is 29.5 Å². The highest BCUT2D eigenvalue weighted by Crippen LogP contribution is 2.25. The molecule has 1 aromatic carbocycles. The van der Waals surface area contributed by atoms with Gasteiger partial charge in [-0.1, -0.05) is 12.1 Å². The molecular formula is C15H22N2O4. The molecule has 6 nitrogen and oxygen atoms in total. The van der Waals surface area contributed by atoms with Crippen LogP contribution in [-0.4, -0.2) is 30.4 Å². The van der Waals surface area contributed by atoms with Crippen LogP contribution in [0.15, 0.2) is 12.1 Å². The molecule has 0 fully saturated rings. The Morgan fingerprint density at radius 3 is 2.48 bits per heavy atom. The molecule has 0 spiro atoms. The number of carbonyl (C=O) groups is 2. The van der Waals surface area contributed by atoms with Crippen LogP contribution in [0.4, 0.5) is 4.79 Å². The van der Waals surface area contributed by atoms with Gasteiger partial charge in [-0.05, 0) is 43.9 Å². The van der Waals surface area contributed by atoms with Crippen LogP contribution in [0.2, 0.25) is 0 Å². The number of carbonyl (C=O) groups excluding carboxylic acids is 1. The van der Waals surface area contributed by atoms with Gasteiger partial charge in [-0.15, -0.1) is 0 Å². The number of hydrogen-bond donors (Lipinski definition) is 3. The molecule has 0 aliphatic heterocycles. The zero-order chi connectivity index (χ0) is 15.8. The van der Waals surface area contributed by atoms with Crippen LogP contribution < -0.4 is 15.4 Å². The Kier molecular flexibility index (Phi) is 6.52. The van der Waals surface area contributed by atoms with Crippen molar-refractivity contribution in [2.24, 2.45) is 0 Å². The van der Waals surface area contributed by atoms with Gasteiger partial charge in [-0.3, -0.25) is 4.79 Å². The van der Waals surface area contributed by atoms with E-state index in [9.17, 15) is 9.59 Å². The van der Waals surface area contributed by atoms with Crippen LogP contribution in [0.5, 0.6) is 5.75 Å². The van der Waals surface area contributed by atoms with E-state index in [1.807, 2.05) is 32.9 Å². The van der Waals surface area contributed by atoms with E-state index in [2.05, 4.69) is 10.6 Å². The van der Waals surface area contributed by atoms with E-state index in [1.165, 1.54) is 0 Å². The predicted octanol–water partition coefficient (Wildman–Crippen LogP) is 2.11. The molecule has 0 heterocycles. The Hall–Kier alpha value is -2.24. The standard InChI is InChI=1S/C15H22N2O4/c1-10-6-7-11(2)14(12(10)3)21-9-17-15(20)16-8-4-5-13(18)19/h6-7H,4-5,8-9H2,1-3H3,(H,18,19)(H2,16,17,20). The molecule has 0 aliphatic carbocycles. The summed E-state index contributed by atoms with van der Waals surface area (Å²) in [4.78, 5) is 21.8. The van der Waals surface area contributed by atoms with Gasteiger partial charge in [0.2, 0.25) is 0 Å². The Morgan fingerprint density at radius 1 is 1.14 bits per heavy atom. The van der Waals surface area contributed by atoms with Crippen molar-refractivity contribution in [3.63, 3.8) is 0 Å². The highest BCUT2D eigenvalue weighted by Gasteiger charge is 2.07. The quantitative estimate of drug-likeness (QED) is 0.531. The molecule has 116 valence electrons. The van der Waals surface area contributed by atoms with Gasteiger partial charge in [0.1, 0.15) is 5.75 Å². The molecule has 0 unspecified atom stereocenters. The van der Waals surface area contributed by atoms with Gasteiger partial charge in [0.25, 0.3) is 0 Å².